The molecule has 1 fully saturated rings. The smallest absolute Gasteiger partial charge is 0.253 e. The van der Waals surface area contributed by atoms with E-state index in [-0.39, 0.29) is 24.4 Å². The van der Waals surface area contributed by atoms with Crippen LogP contribution in [0.3, 0.4) is 0 Å². The van der Waals surface area contributed by atoms with Gasteiger partial charge in [0, 0.05) is 12.2 Å². The second-order valence-corrected chi connectivity index (χ2v) is 3.86. The van der Waals surface area contributed by atoms with E-state index in [1.54, 1.807) is 24.3 Å². The number of para-hydroxylation sites is 1. The Morgan fingerprint density at radius 1 is 1.39 bits per heavy atom. The zero-order valence-electron chi connectivity index (χ0n) is 9.93. The summed E-state index contributed by atoms with van der Waals surface area (Å²) in [7, 11) is 0. The number of nitrogen functional groups attached to an aromatic ring is 1. The average Bonchev–Trinajstić information content (AvgIpc) is 2.38. The minimum Gasteiger partial charge on any atom is -0.398 e. The molecule has 3 N–H and O–H groups in total. The van der Waals surface area contributed by atoms with Crippen LogP contribution in [0.15, 0.2) is 24.3 Å². The van der Waals surface area contributed by atoms with Crippen LogP contribution in [0.1, 0.15) is 10.4 Å². The van der Waals surface area contributed by atoms with Gasteiger partial charge in [-0.2, -0.15) is 0 Å². The number of ether oxygens (including phenoxy) is 2. The van der Waals surface area contributed by atoms with Crippen molar-refractivity contribution in [2.45, 2.75) is 6.10 Å². The highest BCUT2D eigenvalue weighted by Gasteiger charge is 2.16. The quantitative estimate of drug-likeness (QED) is 0.800. The molecule has 1 unspecified atom stereocenters. The van der Waals surface area contributed by atoms with Gasteiger partial charge in [0.25, 0.3) is 5.91 Å². The first-order valence-electron chi connectivity index (χ1n) is 5.59. The zero-order chi connectivity index (χ0) is 12.1. The first-order valence-corrected chi connectivity index (χ1v) is 5.59. The van der Waals surface area contributed by atoms with Crippen LogP contribution in [0.25, 0.3) is 0 Å². The summed E-state index contributed by atoms with van der Waals surface area (Å²) in [5, 5.41) is 2.79. The standard InChI is InChI=1S/C12H16N2O3.ClH/c13-11-4-2-1-3-10(11)12(15)14-7-9-8-16-5-6-17-9;/h1-4,9H,5-8,13H2,(H,14,15);1H. The predicted molar refractivity (Wildman–Crippen MR) is 71.0 cm³/mol. The van der Waals surface area contributed by atoms with Crippen molar-refractivity contribution < 1.29 is 14.3 Å². The van der Waals surface area contributed by atoms with E-state index in [0.717, 1.165) is 0 Å². The summed E-state index contributed by atoms with van der Waals surface area (Å²) in [6.07, 6.45) is -0.0716. The van der Waals surface area contributed by atoms with Crippen LogP contribution in [-0.2, 0) is 9.47 Å². The molecule has 1 heterocycles. The maximum absolute atomic E-state index is 11.8. The van der Waals surface area contributed by atoms with Crippen molar-refractivity contribution in [3.8, 4) is 0 Å². The van der Waals surface area contributed by atoms with Gasteiger partial charge in [0.15, 0.2) is 0 Å². The van der Waals surface area contributed by atoms with E-state index in [1.165, 1.54) is 0 Å². The molecule has 0 saturated carbocycles. The van der Waals surface area contributed by atoms with Crippen LogP contribution >= 0.6 is 12.4 Å². The lowest BCUT2D eigenvalue weighted by atomic mass is 10.1. The minimum atomic E-state index is -0.183. The molecule has 6 heteroatoms. The summed E-state index contributed by atoms with van der Waals surface area (Å²) in [5.41, 5.74) is 6.68. The number of carbonyl (C=O) groups excluding carboxylic acids is 1. The van der Waals surface area contributed by atoms with Gasteiger partial charge in [-0.1, -0.05) is 12.1 Å². The van der Waals surface area contributed by atoms with E-state index in [4.69, 9.17) is 15.2 Å². The summed E-state index contributed by atoms with van der Waals surface area (Å²) in [5.74, 6) is -0.183. The molecular formula is C12H17ClN2O3. The van der Waals surface area contributed by atoms with Crippen molar-refractivity contribution in [1.29, 1.82) is 0 Å². The number of nitrogens with two attached hydrogens (primary N) is 1. The fraction of sp³-hybridized carbons (Fsp3) is 0.417. The molecule has 0 spiro atoms. The predicted octanol–water partition coefficient (Wildman–Crippen LogP) is 0.836. The van der Waals surface area contributed by atoms with E-state index in [2.05, 4.69) is 5.32 Å². The Morgan fingerprint density at radius 2 is 2.17 bits per heavy atom. The maximum atomic E-state index is 11.8. The van der Waals surface area contributed by atoms with Crippen LogP contribution in [0, 0.1) is 0 Å². The number of anilines is 1. The number of hydrogen-bond acceptors (Lipinski definition) is 4. The number of rotatable bonds is 3. The normalized spacial score (nSPS) is 18.8. The van der Waals surface area contributed by atoms with E-state index >= 15 is 0 Å². The van der Waals surface area contributed by atoms with Gasteiger partial charge in [0.2, 0.25) is 0 Å². The van der Waals surface area contributed by atoms with Gasteiger partial charge in [-0.3, -0.25) is 4.79 Å². The lowest BCUT2D eigenvalue weighted by Gasteiger charge is -2.23. The molecule has 18 heavy (non-hydrogen) atoms. The highest BCUT2D eigenvalue weighted by Crippen LogP contribution is 2.10. The first kappa shape index (κ1) is 14.8. The van der Waals surface area contributed by atoms with Gasteiger partial charge in [0.1, 0.15) is 0 Å². The number of nitrogens with one attached hydrogen (secondary N) is 1. The Kier molecular flexibility index (Phi) is 5.91. The molecule has 1 aliphatic rings. The van der Waals surface area contributed by atoms with Crippen LogP contribution in [0.4, 0.5) is 5.69 Å². The lowest BCUT2D eigenvalue weighted by Crippen LogP contribution is -2.39. The summed E-state index contributed by atoms with van der Waals surface area (Å²) < 4.78 is 10.7. The van der Waals surface area contributed by atoms with Crippen LogP contribution in [0.5, 0.6) is 0 Å². The van der Waals surface area contributed by atoms with Crippen molar-refractivity contribution in [2.75, 3.05) is 32.1 Å². The molecule has 2 rings (SSSR count). The molecule has 0 radical (unpaired) electrons. The lowest BCUT2D eigenvalue weighted by molar-refractivity contribution is -0.0855. The fourth-order valence-corrected chi connectivity index (χ4v) is 1.66. The summed E-state index contributed by atoms with van der Waals surface area (Å²) in [6.45, 7) is 2.15. The minimum absolute atomic E-state index is 0. The largest absolute Gasteiger partial charge is 0.398 e. The monoisotopic (exact) mass is 272 g/mol. The fourth-order valence-electron chi connectivity index (χ4n) is 1.66. The maximum Gasteiger partial charge on any atom is 0.253 e. The van der Waals surface area contributed by atoms with E-state index < -0.39 is 0 Å². The van der Waals surface area contributed by atoms with Gasteiger partial charge in [-0.05, 0) is 12.1 Å². The summed E-state index contributed by atoms with van der Waals surface area (Å²) in [4.78, 5) is 11.8. The Bertz CT molecular complexity index is 395. The van der Waals surface area contributed by atoms with Gasteiger partial charge < -0.3 is 20.5 Å². The molecule has 0 aliphatic carbocycles. The second-order valence-electron chi connectivity index (χ2n) is 3.86. The molecule has 1 amide bonds. The third kappa shape index (κ3) is 3.87. The molecule has 1 aliphatic heterocycles. The van der Waals surface area contributed by atoms with E-state index in [1.807, 2.05) is 0 Å². The third-order valence-electron chi connectivity index (χ3n) is 2.58. The van der Waals surface area contributed by atoms with Crippen molar-refractivity contribution in [1.82, 2.24) is 5.32 Å². The van der Waals surface area contributed by atoms with Crippen molar-refractivity contribution >= 4 is 24.0 Å². The summed E-state index contributed by atoms with van der Waals surface area (Å²) >= 11 is 0. The molecule has 100 valence electrons. The number of carbonyl (C=O) groups is 1. The molecule has 1 saturated heterocycles. The van der Waals surface area contributed by atoms with Crippen LogP contribution in [0.2, 0.25) is 0 Å². The molecule has 1 aromatic rings. The molecular weight excluding hydrogens is 256 g/mol. The Labute approximate surface area is 112 Å². The van der Waals surface area contributed by atoms with Gasteiger partial charge in [-0.15, -0.1) is 12.4 Å². The van der Waals surface area contributed by atoms with Crippen molar-refractivity contribution in [3.63, 3.8) is 0 Å². The molecule has 1 atom stereocenters. The molecule has 0 bridgehead atoms. The van der Waals surface area contributed by atoms with Crippen molar-refractivity contribution in [2.24, 2.45) is 0 Å². The highest BCUT2D eigenvalue weighted by molar-refractivity contribution is 5.99. The Morgan fingerprint density at radius 3 is 2.83 bits per heavy atom. The van der Waals surface area contributed by atoms with Gasteiger partial charge in [-0.25, -0.2) is 0 Å². The Hall–Kier alpha value is -1.30. The van der Waals surface area contributed by atoms with Gasteiger partial charge in [0.05, 0.1) is 31.5 Å². The SMILES string of the molecule is Cl.Nc1ccccc1C(=O)NCC1COCCO1. The first-order chi connectivity index (χ1) is 8.27. The number of amides is 1. The Balaban J connectivity index is 0.00000162. The topological polar surface area (TPSA) is 73.6 Å². The number of halogens is 1. The van der Waals surface area contributed by atoms with Crippen LogP contribution < -0.4 is 11.1 Å². The second kappa shape index (κ2) is 7.20. The third-order valence-corrected chi connectivity index (χ3v) is 2.58. The average molecular weight is 273 g/mol. The molecule has 5 nitrogen and oxygen atoms in total. The summed E-state index contributed by atoms with van der Waals surface area (Å²) in [6, 6.07) is 6.98. The van der Waals surface area contributed by atoms with E-state index in [9.17, 15) is 4.79 Å². The van der Waals surface area contributed by atoms with E-state index in [0.29, 0.717) is 37.6 Å². The number of hydrogen-bond donors (Lipinski definition) is 2. The zero-order valence-corrected chi connectivity index (χ0v) is 10.7. The van der Waals surface area contributed by atoms with Crippen molar-refractivity contribution in [3.05, 3.63) is 29.8 Å². The van der Waals surface area contributed by atoms with Crippen LogP contribution in [-0.4, -0.2) is 38.4 Å². The molecule has 1 aromatic carbocycles. The highest BCUT2D eigenvalue weighted by atomic mass is 35.5. The molecule has 0 aromatic heterocycles. The number of benzene rings is 1. The van der Waals surface area contributed by atoms with Gasteiger partial charge >= 0.3 is 0 Å².